The van der Waals surface area contributed by atoms with Crippen LogP contribution in [0, 0.1) is 5.92 Å². The minimum absolute atomic E-state index is 0.0172. The number of amides is 3. The van der Waals surface area contributed by atoms with Crippen LogP contribution < -0.4 is 26.8 Å². The molecule has 20 nitrogen and oxygen atoms in total. The molecule has 350 valence electrons. The first-order chi connectivity index (χ1) is 31.0. The number of hydrogen-bond acceptors (Lipinski definition) is 15. The Morgan fingerprint density at radius 1 is 0.954 bits per heavy atom. The van der Waals surface area contributed by atoms with Crippen molar-refractivity contribution in [2.24, 2.45) is 22.4 Å². The molecule has 0 unspecified atom stereocenters. The van der Waals surface area contributed by atoms with Crippen molar-refractivity contribution in [1.29, 1.82) is 0 Å². The van der Waals surface area contributed by atoms with Crippen molar-refractivity contribution in [3.8, 4) is 16.9 Å². The van der Waals surface area contributed by atoms with Gasteiger partial charge in [0.05, 0.1) is 16.3 Å². The molecule has 3 aliphatic rings. The van der Waals surface area contributed by atoms with Crippen LogP contribution in [0.25, 0.3) is 17.2 Å². The summed E-state index contributed by atoms with van der Waals surface area (Å²) in [6.45, 7) is 5.50. The molecule has 5 atom stereocenters. The number of fused-ring (bicyclic) bond motifs is 1. The molecule has 0 aliphatic carbocycles. The summed E-state index contributed by atoms with van der Waals surface area (Å²) in [5.41, 5.74) is 15.4. The molecule has 0 aromatic heterocycles. The number of carboxylic acid groups (broad SMARTS) is 1. The number of aliphatic hydroxyl groups is 3. The van der Waals surface area contributed by atoms with E-state index in [1.165, 1.54) is 28.6 Å². The number of ether oxygens (including phenoxy) is 3. The van der Waals surface area contributed by atoms with Gasteiger partial charge in [-0.15, -0.1) is 0 Å². The third kappa shape index (κ3) is 11.7. The number of nitrogens with two attached hydrogens (primary N) is 2. The van der Waals surface area contributed by atoms with Crippen molar-refractivity contribution < 1.29 is 62.2 Å². The number of aliphatic imine (C=N–C) groups is 1. The van der Waals surface area contributed by atoms with Gasteiger partial charge in [-0.3, -0.25) is 9.59 Å². The number of benzene rings is 3. The highest BCUT2D eigenvalue weighted by Gasteiger charge is 2.48. The Morgan fingerprint density at radius 2 is 1.68 bits per heavy atom. The number of amidine groups is 1. The third-order valence-corrected chi connectivity index (χ3v) is 12.8. The van der Waals surface area contributed by atoms with Gasteiger partial charge >= 0.3 is 12.1 Å². The molecule has 3 heterocycles. The molecule has 3 amide bonds. The number of carbonyl (C=O) groups excluding carboxylic acids is 3. The van der Waals surface area contributed by atoms with E-state index in [0.29, 0.717) is 46.9 Å². The summed E-state index contributed by atoms with van der Waals surface area (Å²) in [7, 11) is -3.89. The number of alkyl carbamates (subject to hydrolysis) is 1. The van der Waals surface area contributed by atoms with Gasteiger partial charge < -0.3 is 61.6 Å². The summed E-state index contributed by atoms with van der Waals surface area (Å²) in [5, 5.41) is 45.2. The topological polar surface area (TPSA) is 306 Å². The molecular weight excluding hydrogens is 867 g/mol. The number of aliphatic carboxylic acids is 1. The maximum atomic E-state index is 13.7. The van der Waals surface area contributed by atoms with E-state index in [2.05, 4.69) is 15.6 Å². The number of rotatable bonds is 18. The molecule has 65 heavy (non-hydrogen) atoms. The van der Waals surface area contributed by atoms with Gasteiger partial charge in [-0.05, 0) is 65.9 Å². The lowest BCUT2D eigenvalue weighted by molar-refractivity contribution is -0.271. The molecule has 0 saturated carbocycles. The maximum absolute atomic E-state index is 13.7. The smallest absolute Gasteiger partial charge is 0.407 e. The Bertz CT molecular complexity index is 2420. The largest absolute Gasteiger partial charge is 0.479 e. The van der Waals surface area contributed by atoms with E-state index in [9.17, 15) is 48.0 Å². The normalized spacial score (nSPS) is 21.1. The van der Waals surface area contributed by atoms with Gasteiger partial charge in [0.2, 0.25) is 28.1 Å². The molecule has 21 heteroatoms. The highest BCUT2D eigenvalue weighted by Crippen LogP contribution is 2.35. The number of aliphatic hydroxyl groups excluding tert-OH is 3. The van der Waals surface area contributed by atoms with Gasteiger partial charge in [-0.25, -0.2) is 23.0 Å². The summed E-state index contributed by atoms with van der Waals surface area (Å²) in [4.78, 5) is 56.6. The van der Waals surface area contributed by atoms with Crippen molar-refractivity contribution >= 4 is 57.2 Å². The predicted octanol–water partition coefficient (Wildman–Crippen LogP) is 1.88. The highest BCUT2D eigenvalue weighted by molar-refractivity contribution is 7.89. The zero-order chi connectivity index (χ0) is 47.0. The molecule has 3 aromatic carbocycles. The van der Waals surface area contributed by atoms with Crippen LogP contribution in [0.5, 0.6) is 5.75 Å². The van der Waals surface area contributed by atoms with E-state index in [1.807, 2.05) is 43.0 Å². The first kappa shape index (κ1) is 48.5. The van der Waals surface area contributed by atoms with Crippen LogP contribution in [0.1, 0.15) is 50.7 Å². The summed E-state index contributed by atoms with van der Waals surface area (Å²) in [6, 6.07) is 16.3. The third-order valence-electron chi connectivity index (χ3n) is 10.9. The zero-order valence-corrected chi connectivity index (χ0v) is 36.8. The standard InChI is InChI=1S/C44H55N7O13S/c1-3-14-50(15-4-2)41(56)30-17-29-10-9-28(19-32(29)48-35(46)20-30)27-6-5-7-31(18-27)65(60,61)51-22-26(23-51)21-47-44(59)62-24-25-8-11-34(33(16-25)49-36(52)12-13-45)63-43-39(55)37(53)38(54)40(64-43)42(57)58/h5-11,16-19,26,37-40,43,53-55H,3-4,12-15,20-24,45H2,1-2H3,(H2,46,48)(H,47,59)(H,49,52)(H,57,58)/t37-,38-,39+,40-,43+/m0/s1. The molecule has 3 aromatic rings. The van der Waals surface area contributed by atoms with Crippen molar-refractivity contribution in [3.63, 3.8) is 0 Å². The average molecular weight is 922 g/mol. The molecule has 2 fully saturated rings. The Hall–Kier alpha value is -5.94. The number of nitrogens with one attached hydrogen (secondary N) is 2. The predicted molar refractivity (Wildman–Crippen MR) is 237 cm³/mol. The lowest BCUT2D eigenvalue weighted by atomic mass is 9.99. The van der Waals surface area contributed by atoms with Gasteiger partial charge in [-0.1, -0.05) is 44.2 Å². The molecule has 0 radical (unpaired) electrons. The van der Waals surface area contributed by atoms with Gasteiger partial charge in [0, 0.05) is 69.2 Å². The van der Waals surface area contributed by atoms with Crippen molar-refractivity contribution in [2.45, 2.75) is 81.7 Å². The Labute approximate surface area is 375 Å². The molecular formula is C44H55N7O13S. The average Bonchev–Trinajstić information content (AvgIpc) is 3.43. The fourth-order valence-corrected chi connectivity index (χ4v) is 9.15. The number of carboxylic acids is 1. The Kier molecular flexibility index (Phi) is 15.9. The van der Waals surface area contributed by atoms with E-state index in [0.717, 1.165) is 18.4 Å². The molecule has 0 bridgehead atoms. The Morgan fingerprint density at radius 3 is 2.37 bits per heavy atom. The SMILES string of the molecule is CCCN(CCC)C(=O)C1=Cc2ccc(-c3cccc(S(=O)(=O)N4CC(CNC(=O)OCc5ccc(O[C@@H]6O[C@H](C(=O)O)[C@@H](O)[C@H](O)[C@H]6O)c(NC(=O)CCN)c5)C4)c3)cc2N=C(N)C1. The van der Waals surface area contributed by atoms with Crippen LogP contribution in [0.3, 0.4) is 0 Å². The van der Waals surface area contributed by atoms with Crippen molar-refractivity contribution in [1.82, 2.24) is 14.5 Å². The van der Waals surface area contributed by atoms with Gasteiger partial charge in [-0.2, -0.15) is 4.31 Å². The first-order valence-electron chi connectivity index (χ1n) is 21.2. The summed E-state index contributed by atoms with van der Waals surface area (Å²) in [6.07, 6.45) is -6.55. The highest BCUT2D eigenvalue weighted by atomic mass is 32.2. The van der Waals surface area contributed by atoms with Crippen LogP contribution >= 0.6 is 0 Å². The van der Waals surface area contributed by atoms with Gasteiger partial charge in [0.1, 0.15) is 36.5 Å². The minimum Gasteiger partial charge on any atom is -0.479 e. The van der Waals surface area contributed by atoms with Crippen molar-refractivity contribution in [3.05, 3.63) is 77.4 Å². The molecule has 2 saturated heterocycles. The molecule has 10 N–H and O–H groups in total. The number of hydrogen-bond donors (Lipinski definition) is 8. The lowest BCUT2D eigenvalue weighted by Crippen LogP contribution is -2.61. The van der Waals surface area contributed by atoms with Gasteiger partial charge in [0.25, 0.3) is 0 Å². The monoisotopic (exact) mass is 921 g/mol. The van der Waals surface area contributed by atoms with E-state index >= 15 is 0 Å². The molecule has 6 rings (SSSR count). The number of sulfonamides is 1. The van der Waals surface area contributed by atoms with E-state index in [-0.39, 0.29) is 73.8 Å². The second-order valence-electron chi connectivity index (χ2n) is 16.0. The van der Waals surface area contributed by atoms with Crippen LogP contribution in [0.2, 0.25) is 0 Å². The van der Waals surface area contributed by atoms with Gasteiger partial charge in [0.15, 0.2) is 6.10 Å². The minimum atomic E-state index is -3.89. The molecule has 0 spiro atoms. The Balaban J connectivity index is 1.03. The second-order valence-corrected chi connectivity index (χ2v) is 17.9. The van der Waals surface area contributed by atoms with Crippen molar-refractivity contribution in [2.75, 3.05) is 44.6 Å². The lowest BCUT2D eigenvalue weighted by Gasteiger charge is -2.38. The number of nitrogens with zero attached hydrogens (tertiary/aromatic N) is 3. The summed E-state index contributed by atoms with van der Waals surface area (Å²) in [5.74, 6) is -2.19. The summed E-state index contributed by atoms with van der Waals surface area (Å²) < 4.78 is 44.9. The second kappa shape index (κ2) is 21.4. The van der Waals surface area contributed by atoms with Crippen LogP contribution in [0.15, 0.2) is 76.1 Å². The quantitative estimate of drug-likeness (QED) is 0.0904. The van der Waals surface area contributed by atoms with Crippen LogP contribution in [-0.4, -0.2) is 138 Å². The van der Waals surface area contributed by atoms with E-state index < -0.39 is 58.7 Å². The van der Waals surface area contributed by atoms with Crippen LogP contribution in [-0.2, 0) is 40.5 Å². The number of carbonyl (C=O) groups is 4. The van der Waals surface area contributed by atoms with E-state index in [4.69, 9.17) is 25.7 Å². The first-order valence-corrected chi connectivity index (χ1v) is 22.7. The zero-order valence-electron chi connectivity index (χ0n) is 36.0. The van der Waals surface area contributed by atoms with E-state index in [1.54, 1.807) is 18.2 Å². The fourth-order valence-electron chi connectivity index (χ4n) is 7.51. The number of anilines is 1. The summed E-state index contributed by atoms with van der Waals surface area (Å²) >= 11 is 0. The molecule has 3 aliphatic heterocycles. The van der Waals surface area contributed by atoms with Crippen LogP contribution in [0.4, 0.5) is 16.2 Å². The fraction of sp³-hybridized carbons (Fsp3) is 0.432. The maximum Gasteiger partial charge on any atom is 0.407 e.